The molecule has 0 saturated heterocycles. The second-order valence-electron chi connectivity index (χ2n) is 13.8. The molecule has 0 unspecified atom stereocenters. The molecule has 0 aliphatic heterocycles. The first-order valence-corrected chi connectivity index (χ1v) is 17.8. The summed E-state index contributed by atoms with van der Waals surface area (Å²) in [5.74, 6) is 2.81. The Morgan fingerprint density at radius 1 is 0.593 bits per heavy atom. The van der Waals surface area contributed by atoms with Crippen molar-refractivity contribution >= 4 is 49.1 Å². The van der Waals surface area contributed by atoms with E-state index in [1.54, 1.807) is 0 Å². The standard InChI is InChI=1S/C47H33N5O.Pt/c1-28-22-29(2)44(30(3)23-28)47-50-49-46-39-26-35(24-31(4)45(39)38-15-9-11-17-41(38)52(46)47)53-34-18-19-37-36-14-8-10-16-40(36)51(42(37)27-34)43-25-33(20-21-48-43)32-12-6-5-7-13-32;/h5-25H,1-4H3;/q-2;+2. The van der Waals surface area contributed by atoms with E-state index < -0.39 is 0 Å². The Morgan fingerprint density at radius 3 is 2.11 bits per heavy atom. The van der Waals surface area contributed by atoms with E-state index in [0.717, 1.165) is 83.0 Å². The third-order valence-electron chi connectivity index (χ3n) is 10.3. The molecule has 0 saturated carbocycles. The van der Waals surface area contributed by atoms with Crippen LogP contribution >= 0.6 is 0 Å². The zero-order valence-corrected chi connectivity index (χ0v) is 32.4. The predicted octanol–water partition coefficient (Wildman–Crippen LogP) is 11.5. The smallest absolute Gasteiger partial charge is 0.503 e. The van der Waals surface area contributed by atoms with Crippen molar-refractivity contribution in [1.29, 1.82) is 0 Å². The number of hydrogen-bond donors (Lipinski definition) is 0. The Balaban J connectivity index is 0.00000384. The fourth-order valence-corrected chi connectivity index (χ4v) is 8.15. The van der Waals surface area contributed by atoms with E-state index in [1.807, 2.05) is 24.4 Å². The molecule has 0 aliphatic rings. The first kappa shape index (κ1) is 33.7. The Hall–Kier alpha value is -6.10. The number of para-hydroxylation sites is 2. The van der Waals surface area contributed by atoms with Crippen LogP contribution in [0.1, 0.15) is 22.3 Å². The van der Waals surface area contributed by atoms with E-state index in [2.05, 4.69) is 152 Å². The molecule has 0 fully saturated rings. The number of benzene rings is 6. The van der Waals surface area contributed by atoms with Crippen LogP contribution in [0.2, 0.25) is 0 Å². The molecular weight excluding hydrogens is 846 g/mol. The first-order valence-electron chi connectivity index (χ1n) is 17.8. The number of nitrogens with zero attached hydrogens (tertiary/aromatic N) is 5. The largest absolute Gasteiger partial charge is 2.00 e. The Bertz CT molecular complexity index is 3070. The van der Waals surface area contributed by atoms with Crippen LogP contribution in [0.3, 0.4) is 0 Å². The van der Waals surface area contributed by atoms with Crippen molar-refractivity contribution in [3.63, 3.8) is 0 Å². The van der Waals surface area contributed by atoms with Crippen LogP contribution in [-0.2, 0) is 21.1 Å². The van der Waals surface area contributed by atoms with Gasteiger partial charge in [-0.2, -0.15) is 11.2 Å². The van der Waals surface area contributed by atoms with Gasteiger partial charge >= 0.3 is 21.1 Å². The summed E-state index contributed by atoms with van der Waals surface area (Å²) < 4.78 is 11.0. The number of ether oxygens (including phenoxy) is 1. The van der Waals surface area contributed by atoms with Crippen molar-refractivity contribution in [2.75, 3.05) is 0 Å². The van der Waals surface area contributed by atoms with Crippen LogP contribution in [0.5, 0.6) is 11.5 Å². The number of aromatic nitrogens is 5. The van der Waals surface area contributed by atoms with Gasteiger partial charge in [0, 0.05) is 34.3 Å². The normalized spacial score (nSPS) is 11.6. The van der Waals surface area contributed by atoms with Crippen LogP contribution in [0.4, 0.5) is 0 Å². The number of fused-ring (bicyclic) bond motifs is 9. The molecule has 4 aromatic heterocycles. The fourth-order valence-electron chi connectivity index (χ4n) is 8.15. The molecule has 0 atom stereocenters. The minimum atomic E-state index is 0. The zero-order chi connectivity index (χ0) is 35.8. The predicted molar refractivity (Wildman–Crippen MR) is 214 cm³/mol. The molecule has 0 amide bonds. The zero-order valence-electron chi connectivity index (χ0n) is 30.1. The van der Waals surface area contributed by atoms with E-state index in [9.17, 15) is 0 Å². The average molecular weight is 879 g/mol. The molecule has 10 aromatic rings. The summed E-state index contributed by atoms with van der Waals surface area (Å²) in [5, 5.41) is 14.9. The Morgan fingerprint density at radius 2 is 1.31 bits per heavy atom. The van der Waals surface area contributed by atoms with Crippen LogP contribution in [0, 0.1) is 39.8 Å². The Labute approximate surface area is 327 Å². The SMILES string of the molecule is Cc1cc(C)c(-c2nnc3c4[c-]c(Oc5[c-]c6c(cc5)c5ccccc5n6-c5cc(-c6ccccc6)ccn5)cc(C)c4c4ccccc4n23)c(C)c1.[Pt+2]. The fraction of sp³-hybridized carbons (Fsp3) is 0.0851. The summed E-state index contributed by atoms with van der Waals surface area (Å²) in [6.07, 6.45) is 1.87. The van der Waals surface area contributed by atoms with Crippen molar-refractivity contribution in [2.45, 2.75) is 27.7 Å². The van der Waals surface area contributed by atoms with E-state index in [4.69, 9.17) is 19.9 Å². The molecule has 0 radical (unpaired) electrons. The molecule has 54 heavy (non-hydrogen) atoms. The van der Waals surface area contributed by atoms with Crippen LogP contribution < -0.4 is 4.74 Å². The van der Waals surface area contributed by atoms with E-state index >= 15 is 0 Å². The van der Waals surface area contributed by atoms with Crippen molar-refractivity contribution < 1.29 is 25.8 Å². The first-order chi connectivity index (χ1) is 25.9. The van der Waals surface area contributed by atoms with Gasteiger partial charge < -0.3 is 13.7 Å². The summed E-state index contributed by atoms with van der Waals surface area (Å²) in [5.41, 5.74) is 11.7. The van der Waals surface area contributed by atoms with Crippen molar-refractivity contribution in [2.24, 2.45) is 0 Å². The maximum Gasteiger partial charge on any atom is 2.00 e. The average Bonchev–Trinajstić information content (AvgIpc) is 3.75. The van der Waals surface area contributed by atoms with Gasteiger partial charge in [-0.25, -0.2) is 4.98 Å². The number of hydrogen-bond acceptors (Lipinski definition) is 4. The van der Waals surface area contributed by atoms with E-state index in [1.165, 1.54) is 16.7 Å². The van der Waals surface area contributed by atoms with Crippen molar-refractivity contribution in [3.8, 4) is 39.8 Å². The van der Waals surface area contributed by atoms with Gasteiger partial charge in [0.1, 0.15) is 5.82 Å². The molecule has 6 nitrogen and oxygen atoms in total. The van der Waals surface area contributed by atoms with Gasteiger partial charge in [-0.3, -0.25) is 0 Å². The minimum absolute atomic E-state index is 0. The molecule has 0 bridgehead atoms. The quantitative estimate of drug-likeness (QED) is 0.128. The number of rotatable bonds is 5. The van der Waals surface area contributed by atoms with Gasteiger partial charge in [0.25, 0.3) is 0 Å². The third kappa shape index (κ3) is 5.32. The second-order valence-corrected chi connectivity index (χ2v) is 13.8. The number of aryl methyl sites for hydroxylation is 4. The molecule has 0 spiro atoms. The van der Waals surface area contributed by atoms with Crippen LogP contribution in [0.15, 0.2) is 128 Å². The second kappa shape index (κ2) is 13.1. The summed E-state index contributed by atoms with van der Waals surface area (Å²) in [4.78, 5) is 4.84. The molecule has 262 valence electrons. The minimum Gasteiger partial charge on any atom is -0.503 e. The summed E-state index contributed by atoms with van der Waals surface area (Å²) in [6.45, 7) is 8.53. The molecule has 7 heteroatoms. The summed E-state index contributed by atoms with van der Waals surface area (Å²) in [6, 6.07) is 49.2. The molecule has 0 aliphatic carbocycles. The van der Waals surface area contributed by atoms with E-state index in [-0.39, 0.29) is 21.1 Å². The molecule has 10 rings (SSSR count). The third-order valence-corrected chi connectivity index (χ3v) is 10.3. The van der Waals surface area contributed by atoms with Gasteiger partial charge in [-0.1, -0.05) is 120 Å². The summed E-state index contributed by atoms with van der Waals surface area (Å²) in [7, 11) is 0. The van der Waals surface area contributed by atoms with Crippen molar-refractivity contribution in [1.82, 2.24) is 24.1 Å². The molecular formula is C47H33N5OPt. The number of pyridine rings is 2. The summed E-state index contributed by atoms with van der Waals surface area (Å²) >= 11 is 0. The molecule has 6 aromatic carbocycles. The van der Waals surface area contributed by atoms with Crippen LogP contribution in [0.25, 0.3) is 77.5 Å². The van der Waals surface area contributed by atoms with Gasteiger partial charge in [-0.05, 0) is 78.1 Å². The van der Waals surface area contributed by atoms with Gasteiger partial charge in [-0.15, -0.1) is 28.2 Å². The molecule has 0 N–H and O–H groups in total. The van der Waals surface area contributed by atoms with E-state index in [0.29, 0.717) is 11.5 Å². The van der Waals surface area contributed by atoms with Gasteiger partial charge in [0.15, 0.2) is 5.82 Å². The topological polar surface area (TPSA) is 57.2 Å². The monoisotopic (exact) mass is 878 g/mol. The van der Waals surface area contributed by atoms with Crippen LogP contribution in [-0.4, -0.2) is 24.1 Å². The van der Waals surface area contributed by atoms with Gasteiger partial charge in [0.2, 0.25) is 0 Å². The molecule has 4 heterocycles. The maximum atomic E-state index is 6.66. The van der Waals surface area contributed by atoms with Gasteiger partial charge in [0.05, 0.1) is 5.65 Å². The van der Waals surface area contributed by atoms with Crippen molar-refractivity contribution in [3.05, 3.63) is 162 Å². The maximum absolute atomic E-state index is 6.66. The Kier molecular flexibility index (Phi) is 8.17.